The van der Waals surface area contributed by atoms with E-state index in [0.717, 1.165) is 0 Å². The van der Waals surface area contributed by atoms with Gasteiger partial charge in [-0.05, 0) is 68.1 Å². The third-order valence-corrected chi connectivity index (χ3v) is 4.25. The molecule has 0 saturated heterocycles. The third kappa shape index (κ3) is 2.95. The van der Waals surface area contributed by atoms with Gasteiger partial charge >= 0.3 is 11.9 Å². The molecule has 0 aliphatic heterocycles. The summed E-state index contributed by atoms with van der Waals surface area (Å²) in [5, 5.41) is 22.0. The summed E-state index contributed by atoms with van der Waals surface area (Å²) in [5.41, 5.74) is 2.40. The first-order valence-electron chi connectivity index (χ1n) is 7.28. The molecule has 0 bridgehead atoms. The number of aromatic carboxylic acids is 2. The Morgan fingerprint density at radius 3 is 1.83 bits per heavy atom. The lowest BCUT2D eigenvalue weighted by Crippen LogP contribution is -2.15. The fraction of sp³-hybridized carbons (Fsp3) is 0.222. The van der Waals surface area contributed by atoms with Gasteiger partial charge in [0.05, 0.1) is 16.8 Å². The summed E-state index contributed by atoms with van der Waals surface area (Å²) in [4.78, 5) is 23.4. The van der Waals surface area contributed by atoms with E-state index in [-0.39, 0.29) is 16.8 Å². The van der Waals surface area contributed by atoms with Gasteiger partial charge in [-0.15, -0.1) is 0 Å². The van der Waals surface area contributed by atoms with Crippen LogP contribution in [0.15, 0.2) is 18.2 Å². The Kier molecular flexibility index (Phi) is 4.59. The van der Waals surface area contributed by atoms with Gasteiger partial charge in [-0.3, -0.25) is 0 Å². The van der Waals surface area contributed by atoms with Crippen LogP contribution in [0.25, 0.3) is 0 Å². The number of anilines is 2. The molecular weight excluding hydrogens is 313 g/mol. The lowest BCUT2D eigenvalue weighted by atomic mass is 9.91. The highest BCUT2D eigenvalue weighted by Crippen LogP contribution is 2.34. The number of halogens is 1. The fourth-order valence-corrected chi connectivity index (χ4v) is 2.72. The van der Waals surface area contributed by atoms with Crippen LogP contribution < -0.4 is 5.32 Å². The highest BCUT2D eigenvalue weighted by atomic mass is 19.1. The van der Waals surface area contributed by atoms with Crippen LogP contribution >= 0.6 is 0 Å². The molecule has 0 atom stereocenters. The maximum absolute atomic E-state index is 13.3. The summed E-state index contributed by atoms with van der Waals surface area (Å²) in [6, 6.07) is 3.97. The van der Waals surface area contributed by atoms with Crippen molar-refractivity contribution in [2.45, 2.75) is 27.7 Å². The van der Waals surface area contributed by atoms with E-state index in [9.17, 15) is 24.2 Å². The van der Waals surface area contributed by atoms with Crippen LogP contribution in [0, 0.1) is 33.5 Å². The van der Waals surface area contributed by atoms with Crippen molar-refractivity contribution in [3.63, 3.8) is 0 Å². The molecule has 24 heavy (non-hydrogen) atoms. The van der Waals surface area contributed by atoms with Crippen molar-refractivity contribution in [3.8, 4) is 0 Å². The van der Waals surface area contributed by atoms with Crippen molar-refractivity contribution >= 4 is 23.3 Å². The van der Waals surface area contributed by atoms with Crippen molar-refractivity contribution in [3.05, 3.63) is 57.4 Å². The van der Waals surface area contributed by atoms with Gasteiger partial charge in [-0.2, -0.15) is 0 Å². The molecule has 6 heteroatoms. The van der Waals surface area contributed by atoms with Gasteiger partial charge in [0.1, 0.15) is 5.82 Å². The summed E-state index contributed by atoms with van der Waals surface area (Å²) in [7, 11) is 0. The summed E-state index contributed by atoms with van der Waals surface area (Å²) < 4.78 is 13.3. The zero-order valence-corrected chi connectivity index (χ0v) is 13.8. The fourth-order valence-electron chi connectivity index (χ4n) is 2.72. The van der Waals surface area contributed by atoms with Crippen molar-refractivity contribution in [2.24, 2.45) is 0 Å². The molecule has 0 aromatic heterocycles. The Hall–Kier alpha value is -2.89. The maximum Gasteiger partial charge on any atom is 0.338 e. The standard InChI is InChI=1S/C18H18FNO4/c1-8-7-12(19)5-6-13(8)20-16-14(17(21)22)10(3)9(2)11(4)15(16)18(23)24/h5-7,20H,1-4H3,(H,21,22)(H,23,24). The first-order chi connectivity index (χ1) is 11.1. The van der Waals surface area contributed by atoms with Crippen molar-refractivity contribution in [1.82, 2.24) is 0 Å². The van der Waals surface area contributed by atoms with Gasteiger partial charge in [0, 0.05) is 5.69 Å². The molecule has 2 aromatic carbocycles. The number of nitrogens with one attached hydrogen (secondary N) is 1. The van der Waals surface area contributed by atoms with Gasteiger partial charge < -0.3 is 15.5 Å². The Morgan fingerprint density at radius 2 is 1.42 bits per heavy atom. The molecule has 2 rings (SSSR count). The van der Waals surface area contributed by atoms with E-state index in [1.807, 2.05) is 0 Å². The smallest absolute Gasteiger partial charge is 0.338 e. The molecule has 0 fully saturated rings. The van der Waals surface area contributed by atoms with E-state index < -0.39 is 17.8 Å². The number of hydrogen-bond donors (Lipinski definition) is 3. The summed E-state index contributed by atoms with van der Waals surface area (Å²) in [5.74, 6) is -2.87. The molecule has 0 aliphatic rings. The summed E-state index contributed by atoms with van der Waals surface area (Å²) in [6.07, 6.45) is 0. The molecule has 3 N–H and O–H groups in total. The van der Waals surface area contributed by atoms with Crippen LogP contribution in [-0.2, 0) is 0 Å². The third-order valence-electron chi connectivity index (χ3n) is 4.25. The maximum atomic E-state index is 13.3. The van der Waals surface area contributed by atoms with E-state index in [0.29, 0.717) is 27.9 Å². The number of carboxylic acids is 2. The molecule has 0 saturated carbocycles. The Bertz CT molecular complexity index is 818. The molecule has 0 aliphatic carbocycles. The van der Waals surface area contributed by atoms with E-state index in [2.05, 4.69) is 5.32 Å². The molecule has 0 amide bonds. The second-order valence-electron chi connectivity index (χ2n) is 5.69. The second kappa shape index (κ2) is 6.31. The minimum Gasteiger partial charge on any atom is -0.478 e. The van der Waals surface area contributed by atoms with Crippen molar-refractivity contribution < 1.29 is 24.2 Å². The van der Waals surface area contributed by atoms with Crippen LogP contribution in [0.1, 0.15) is 43.0 Å². The van der Waals surface area contributed by atoms with Gasteiger partial charge in [0.2, 0.25) is 0 Å². The molecular formula is C18H18FNO4. The zero-order valence-electron chi connectivity index (χ0n) is 13.8. The second-order valence-corrected chi connectivity index (χ2v) is 5.69. The molecule has 5 nitrogen and oxygen atoms in total. The Labute approximate surface area is 138 Å². The van der Waals surface area contributed by atoms with Gasteiger partial charge in [0.15, 0.2) is 0 Å². The number of benzene rings is 2. The average Bonchev–Trinajstić information content (AvgIpc) is 2.47. The van der Waals surface area contributed by atoms with E-state index in [1.54, 1.807) is 27.7 Å². The summed E-state index contributed by atoms with van der Waals surface area (Å²) in [6.45, 7) is 6.62. The van der Waals surface area contributed by atoms with Crippen LogP contribution in [-0.4, -0.2) is 22.2 Å². The zero-order chi connectivity index (χ0) is 18.2. The molecule has 126 valence electrons. The summed E-state index contributed by atoms with van der Waals surface area (Å²) >= 11 is 0. The first-order valence-corrected chi connectivity index (χ1v) is 7.28. The normalized spacial score (nSPS) is 10.5. The highest BCUT2D eigenvalue weighted by molar-refractivity contribution is 6.06. The number of hydrogen-bond acceptors (Lipinski definition) is 3. The van der Waals surface area contributed by atoms with E-state index >= 15 is 0 Å². The van der Waals surface area contributed by atoms with Crippen LogP contribution in [0.5, 0.6) is 0 Å². The van der Waals surface area contributed by atoms with E-state index in [4.69, 9.17) is 0 Å². The van der Waals surface area contributed by atoms with Crippen LogP contribution in [0.4, 0.5) is 15.8 Å². The van der Waals surface area contributed by atoms with Crippen molar-refractivity contribution in [2.75, 3.05) is 5.32 Å². The van der Waals surface area contributed by atoms with Gasteiger partial charge in [-0.1, -0.05) is 0 Å². The lowest BCUT2D eigenvalue weighted by Gasteiger charge is -2.20. The topological polar surface area (TPSA) is 86.6 Å². The Morgan fingerprint density at radius 1 is 0.917 bits per heavy atom. The quantitative estimate of drug-likeness (QED) is 0.781. The monoisotopic (exact) mass is 331 g/mol. The number of carbonyl (C=O) groups is 2. The lowest BCUT2D eigenvalue weighted by molar-refractivity contribution is 0.0695. The molecule has 0 spiro atoms. The highest BCUT2D eigenvalue weighted by Gasteiger charge is 2.26. The van der Waals surface area contributed by atoms with E-state index in [1.165, 1.54) is 18.2 Å². The minimum absolute atomic E-state index is 0.00491. The predicted octanol–water partition coefficient (Wildman–Crippen LogP) is 4.20. The SMILES string of the molecule is Cc1cc(F)ccc1Nc1c(C(=O)O)c(C)c(C)c(C)c1C(=O)O. The molecule has 0 unspecified atom stereocenters. The van der Waals surface area contributed by atoms with Gasteiger partial charge in [0.25, 0.3) is 0 Å². The van der Waals surface area contributed by atoms with Crippen LogP contribution in [0.2, 0.25) is 0 Å². The van der Waals surface area contributed by atoms with Crippen molar-refractivity contribution in [1.29, 1.82) is 0 Å². The van der Waals surface area contributed by atoms with Gasteiger partial charge in [-0.25, -0.2) is 14.0 Å². The number of aryl methyl sites for hydroxylation is 1. The first kappa shape index (κ1) is 17.5. The predicted molar refractivity (Wildman–Crippen MR) is 89.0 cm³/mol. The Balaban J connectivity index is 2.79. The minimum atomic E-state index is -1.22. The molecule has 2 aromatic rings. The average molecular weight is 331 g/mol. The molecule has 0 heterocycles. The van der Waals surface area contributed by atoms with Crippen LogP contribution in [0.3, 0.4) is 0 Å². The number of rotatable bonds is 4. The largest absolute Gasteiger partial charge is 0.478 e. The molecule has 0 radical (unpaired) electrons. The number of carboxylic acid groups (broad SMARTS) is 2.